The Balaban J connectivity index is 1.73. The molecule has 0 radical (unpaired) electrons. The van der Waals surface area contributed by atoms with E-state index in [2.05, 4.69) is 4.98 Å². The molecule has 13 heteroatoms. The van der Waals surface area contributed by atoms with Crippen LogP contribution in [0, 0.1) is 0 Å². The van der Waals surface area contributed by atoms with Gasteiger partial charge in [-0.05, 0) is 51.0 Å². The number of Topliss-reactive ketones (excluding diaryl/α,β-unsaturated/α-hetero) is 1. The van der Waals surface area contributed by atoms with Gasteiger partial charge in [0.15, 0.2) is 15.6 Å². The lowest BCUT2D eigenvalue weighted by molar-refractivity contribution is -0.123. The maximum Gasteiger partial charge on any atom is 0.332 e. The number of hydrogen-bond acceptors (Lipinski definition) is 10. The molecule has 1 aliphatic rings. The summed E-state index contributed by atoms with van der Waals surface area (Å²) in [6.07, 6.45) is 4.27. The van der Waals surface area contributed by atoms with Gasteiger partial charge in [-0.15, -0.1) is 0 Å². The number of nitrogens with zero attached hydrogens (tertiary/aromatic N) is 3. The highest BCUT2D eigenvalue weighted by atomic mass is 32.2. The molecule has 2 aromatic heterocycles. The fourth-order valence-electron chi connectivity index (χ4n) is 5.44. The van der Waals surface area contributed by atoms with Crippen molar-refractivity contribution in [2.75, 3.05) is 32.3 Å². The van der Waals surface area contributed by atoms with Gasteiger partial charge in [0.05, 0.1) is 36.9 Å². The van der Waals surface area contributed by atoms with Crippen molar-refractivity contribution < 1.29 is 31.8 Å². The predicted octanol–water partition coefficient (Wildman–Crippen LogP) is 3.11. The molecule has 0 amide bonds. The standard InChI is InChI=1S/C31H35N3O9S/c1-31(2,27(35)19-44(4,38)39)34-29(36)23-17-20(28-32-13-16-42-28)9-10-24(23)33(30(34)37)18-26(43-21-11-14-41-15-12-21)22-7-5-6-8-25(22)40-3/h5-10,13,16-17,21,26H,11-12,14-15,18-19H2,1-4H3/t26-/m0/s1. The number of benzene rings is 2. The molecule has 5 rings (SSSR count). The molecule has 0 spiro atoms. The molecule has 0 N–H and O–H groups in total. The van der Waals surface area contributed by atoms with Gasteiger partial charge in [-0.1, -0.05) is 18.2 Å². The van der Waals surface area contributed by atoms with E-state index >= 15 is 0 Å². The maximum absolute atomic E-state index is 14.3. The first kappa shape index (κ1) is 31.4. The summed E-state index contributed by atoms with van der Waals surface area (Å²) in [6, 6.07) is 12.2. The van der Waals surface area contributed by atoms with Crippen LogP contribution in [-0.2, 0) is 36.2 Å². The van der Waals surface area contributed by atoms with Crippen LogP contribution in [0.5, 0.6) is 5.75 Å². The second-order valence-corrected chi connectivity index (χ2v) is 13.5. The molecule has 0 unspecified atom stereocenters. The molecule has 1 aliphatic heterocycles. The summed E-state index contributed by atoms with van der Waals surface area (Å²) in [5, 5.41) is 0.116. The zero-order valence-corrected chi connectivity index (χ0v) is 25.8. The number of ketones is 1. The number of sulfone groups is 1. The number of ether oxygens (including phenoxy) is 3. The zero-order valence-electron chi connectivity index (χ0n) is 25.0. The number of oxazole rings is 1. The van der Waals surface area contributed by atoms with Crippen LogP contribution in [0.4, 0.5) is 0 Å². The van der Waals surface area contributed by atoms with E-state index < -0.39 is 44.3 Å². The summed E-state index contributed by atoms with van der Waals surface area (Å²) < 4.78 is 49.5. The van der Waals surface area contributed by atoms with Gasteiger partial charge in [0.2, 0.25) is 5.89 Å². The third-order valence-electron chi connectivity index (χ3n) is 7.82. The molecule has 0 saturated carbocycles. The molecule has 0 bridgehead atoms. The van der Waals surface area contributed by atoms with Crippen molar-refractivity contribution in [3.63, 3.8) is 0 Å². The Morgan fingerprint density at radius 2 is 1.86 bits per heavy atom. The van der Waals surface area contributed by atoms with E-state index in [0.717, 1.165) is 10.8 Å². The van der Waals surface area contributed by atoms with Crippen molar-refractivity contribution in [2.24, 2.45) is 0 Å². The van der Waals surface area contributed by atoms with Crippen LogP contribution in [0.1, 0.15) is 38.4 Å². The first-order valence-corrected chi connectivity index (χ1v) is 16.2. The fraction of sp³-hybridized carbons (Fsp3) is 0.419. The topological polar surface area (TPSA) is 149 Å². The van der Waals surface area contributed by atoms with E-state index in [1.165, 1.54) is 30.9 Å². The number of rotatable bonds is 11. The molecule has 4 aromatic rings. The van der Waals surface area contributed by atoms with Crippen LogP contribution in [0.25, 0.3) is 22.4 Å². The third-order valence-corrected chi connectivity index (χ3v) is 8.60. The highest BCUT2D eigenvalue weighted by Crippen LogP contribution is 2.32. The zero-order chi connectivity index (χ0) is 31.6. The van der Waals surface area contributed by atoms with E-state index in [1.54, 1.807) is 31.4 Å². The summed E-state index contributed by atoms with van der Waals surface area (Å²) in [5.41, 5.74) is -1.85. The monoisotopic (exact) mass is 625 g/mol. The van der Waals surface area contributed by atoms with Gasteiger partial charge in [-0.3, -0.25) is 14.2 Å². The van der Waals surface area contributed by atoms with Crippen LogP contribution < -0.4 is 16.0 Å². The number of para-hydroxylation sites is 1. The van der Waals surface area contributed by atoms with Crippen molar-refractivity contribution in [3.8, 4) is 17.2 Å². The van der Waals surface area contributed by atoms with Crippen molar-refractivity contribution in [1.29, 1.82) is 0 Å². The number of carbonyl (C=O) groups is 1. The molecule has 44 heavy (non-hydrogen) atoms. The largest absolute Gasteiger partial charge is 0.496 e. The van der Waals surface area contributed by atoms with Gasteiger partial charge in [0.25, 0.3) is 5.56 Å². The van der Waals surface area contributed by atoms with E-state index in [-0.39, 0.29) is 23.9 Å². The molecular formula is C31H35N3O9S. The average Bonchev–Trinajstić information content (AvgIpc) is 3.53. The third kappa shape index (κ3) is 6.40. The van der Waals surface area contributed by atoms with Crippen molar-refractivity contribution in [1.82, 2.24) is 14.1 Å². The van der Waals surface area contributed by atoms with Crippen LogP contribution in [0.15, 0.2) is 68.9 Å². The highest BCUT2D eigenvalue weighted by Gasteiger charge is 2.36. The first-order valence-electron chi connectivity index (χ1n) is 14.2. The van der Waals surface area contributed by atoms with E-state index in [4.69, 9.17) is 18.6 Å². The quantitative estimate of drug-likeness (QED) is 0.243. The highest BCUT2D eigenvalue weighted by molar-refractivity contribution is 7.91. The summed E-state index contributed by atoms with van der Waals surface area (Å²) in [4.78, 5) is 45.9. The normalized spacial score (nSPS) is 15.4. The minimum atomic E-state index is -3.75. The minimum absolute atomic E-state index is 0.0396. The second kappa shape index (κ2) is 12.5. The van der Waals surface area contributed by atoms with Gasteiger partial charge in [-0.25, -0.2) is 22.8 Å². The number of aromatic nitrogens is 3. The van der Waals surface area contributed by atoms with Crippen LogP contribution >= 0.6 is 0 Å². The maximum atomic E-state index is 14.3. The van der Waals surface area contributed by atoms with Crippen LogP contribution in [0.3, 0.4) is 0 Å². The molecule has 1 fully saturated rings. The summed E-state index contributed by atoms with van der Waals surface area (Å²) in [5.74, 6) is -0.812. The summed E-state index contributed by atoms with van der Waals surface area (Å²) >= 11 is 0. The molecule has 0 aliphatic carbocycles. The van der Waals surface area contributed by atoms with Crippen LogP contribution in [-0.4, -0.2) is 66.8 Å². The average molecular weight is 626 g/mol. The molecule has 2 aromatic carbocycles. The fourth-order valence-corrected chi connectivity index (χ4v) is 6.27. The lowest BCUT2D eigenvalue weighted by atomic mass is 9.99. The van der Waals surface area contributed by atoms with Crippen molar-refractivity contribution >= 4 is 26.5 Å². The van der Waals surface area contributed by atoms with Gasteiger partial charge in [0.1, 0.15) is 29.4 Å². The van der Waals surface area contributed by atoms with Gasteiger partial charge >= 0.3 is 5.69 Å². The summed E-state index contributed by atoms with van der Waals surface area (Å²) in [7, 11) is -2.20. The van der Waals surface area contributed by atoms with Crippen molar-refractivity contribution in [3.05, 3.63) is 81.3 Å². The Morgan fingerprint density at radius 3 is 2.52 bits per heavy atom. The van der Waals surface area contributed by atoms with E-state index in [1.807, 2.05) is 18.2 Å². The molecule has 234 valence electrons. The van der Waals surface area contributed by atoms with Gasteiger partial charge in [0, 0.05) is 30.6 Å². The molecule has 1 atom stereocenters. The number of fused-ring (bicyclic) bond motifs is 1. The Hall–Kier alpha value is -4.07. The predicted molar refractivity (Wildman–Crippen MR) is 163 cm³/mol. The second-order valence-electron chi connectivity index (χ2n) is 11.3. The van der Waals surface area contributed by atoms with Gasteiger partial charge in [-0.2, -0.15) is 0 Å². The number of hydrogen-bond donors (Lipinski definition) is 0. The van der Waals surface area contributed by atoms with E-state index in [0.29, 0.717) is 48.4 Å². The molecule has 12 nitrogen and oxygen atoms in total. The molecule has 3 heterocycles. The Labute approximate surface area is 254 Å². The Kier molecular flexibility index (Phi) is 8.91. The summed E-state index contributed by atoms with van der Waals surface area (Å²) in [6.45, 7) is 3.78. The molecular weight excluding hydrogens is 590 g/mol. The first-order chi connectivity index (χ1) is 20.9. The molecule has 1 saturated heterocycles. The van der Waals surface area contributed by atoms with Crippen LogP contribution in [0.2, 0.25) is 0 Å². The smallest absolute Gasteiger partial charge is 0.332 e. The lowest BCUT2D eigenvalue weighted by Gasteiger charge is -2.31. The number of methoxy groups -OCH3 is 1. The SMILES string of the molecule is COc1ccccc1[C@H](Cn1c(=O)n(C(C)(C)C(=O)CS(C)(=O)=O)c(=O)c2cc(-c3ncco3)ccc21)OC1CCOCC1. The Bertz CT molecular complexity index is 1890. The minimum Gasteiger partial charge on any atom is -0.496 e. The van der Waals surface area contributed by atoms with Gasteiger partial charge < -0.3 is 18.6 Å². The number of carbonyl (C=O) groups excluding carboxylic acids is 1. The van der Waals surface area contributed by atoms with E-state index in [9.17, 15) is 22.8 Å². The lowest BCUT2D eigenvalue weighted by Crippen LogP contribution is -2.54. The van der Waals surface area contributed by atoms with Crippen molar-refractivity contribution in [2.45, 2.75) is 51.0 Å². The Morgan fingerprint density at radius 1 is 1.14 bits per heavy atom.